The third-order valence-corrected chi connectivity index (χ3v) is 4.93. The highest BCUT2D eigenvalue weighted by molar-refractivity contribution is 5.42. The van der Waals surface area contributed by atoms with Gasteiger partial charge in [-0.3, -0.25) is 0 Å². The lowest BCUT2D eigenvalue weighted by Crippen LogP contribution is -2.33. The van der Waals surface area contributed by atoms with E-state index in [4.69, 9.17) is 0 Å². The molecule has 2 unspecified atom stereocenters. The van der Waals surface area contributed by atoms with Gasteiger partial charge >= 0.3 is 0 Å². The molecule has 0 spiro atoms. The molecule has 0 bridgehead atoms. The second-order valence-corrected chi connectivity index (χ2v) is 6.60. The van der Waals surface area contributed by atoms with Crippen molar-refractivity contribution in [2.45, 2.75) is 58.6 Å². The van der Waals surface area contributed by atoms with E-state index in [2.05, 4.69) is 29.2 Å². The van der Waals surface area contributed by atoms with Crippen LogP contribution in [0.3, 0.4) is 0 Å². The molecule has 1 fully saturated rings. The summed E-state index contributed by atoms with van der Waals surface area (Å²) in [6.45, 7) is 6.81. The summed E-state index contributed by atoms with van der Waals surface area (Å²) in [5, 5.41) is 18.2. The number of aryl methyl sites for hydroxylation is 2. The van der Waals surface area contributed by atoms with Crippen LogP contribution in [0.4, 0.5) is 0 Å². The quantitative estimate of drug-likeness (QED) is 0.891. The molecule has 0 radical (unpaired) electrons. The van der Waals surface area contributed by atoms with Crippen LogP contribution in [0, 0.1) is 19.8 Å². The van der Waals surface area contributed by atoms with Gasteiger partial charge in [0.1, 0.15) is 0 Å². The third-order valence-electron chi connectivity index (χ3n) is 4.93. The van der Waals surface area contributed by atoms with E-state index in [-0.39, 0.29) is 12.1 Å². The smallest absolute Gasteiger partial charge is 0.155 e. The van der Waals surface area contributed by atoms with Gasteiger partial charge < -0.3 is 10.4 Å². The van der Waals surface area contributed by atoms with Crippen molar-refractivity contribution < 1.29 is 5.11 Å². The van der Waals surface area contributed by atoms with Gasteiger partial charge in [-0.2, -0.15) is 5.10 Å². The fraction of sp³-hybridized carbons (Fsp3) is 0.647. The molecule has 0 aromatic carbocycles. The maximum atomic E-state index is 10.3. The van der Waals surface area contributed by atoms with Crippen molar-refractivity contribution in [3.05, 3.63) is 29.2 Å². The van der Waals surface area contributed by atoms with Gasteiger partial charge in [-0.15, -0.1) is 0 Å². The normalized spacial score (nSPS) is 18.9. The average molecular weight is 302 g/mol. The molecule has 5 nitrogen and oxygen atoms in total. The van der Waals surface area contributed by atoms with E-state index >= 15 is 0 Å². The standard InChI is InChI=1S/C17H26N4O/c1-11-8-17-19-9-15(13(3)21(17)20-11)12(2)18-10-16(22)14-6-4-5-7-14/h8-9,12,14,16,18,22H,4-7,10H2,1-3H3. The van der Waals surface area contributed by atoms with Gasteiger partial charge in [0, 0.05) is 36.1 Å². The molecule has 2 aromatic heterocycles. The van der Waals surface area contributed by atoms with Crippen molar-refractivity contribution in [2.75, 3.05) is 6.54 Å². The minimum absolute atomic E-state index is 0.150. The second-order valence-electron chi connectivity index (χ2n) is 6.60. The molecular weight excluding hydrogens is 276 g/mol. The zero-order valence-corrected chi connectivity index (χ0v) is 13.7. The molecule has 2 atom stereocenters. The first-order valence-corrected chi connectivity index (χ1v) is 8.29. The number of aliphatic hydroxyl groups is 1. The molecule has 2 aromatic rings. The minimum atomic E-state index is -0.242. The van der Waals surface area contributed by atoms with Crippen LogP contribution >= 0.6 is 0 Å². The summed E-state index contributed by atoms with van der Waals surface area (Å²) in [6, 6.07) is 2.14. The predicted octanol–water partition coefficient (Wildman–Crippen LogP) is 2.55. The maximum absolute atomic E-state index is 10.3. The molecule has 5 heteroatoms. The molecule has 3 rings (SSSR count). The summed E-state index contributed by atoms with van der Waals surface area (Å²) in [4.78, 5) is 4.49. The third kappa shape index (κ3) is 3.01. The summed E-state index contributed by atoms with van der Waals surface area (Å²) in [6.07, 6.45) is 6.53. The van der Waals surface area contributed by atoms with Crippen LogP contribution in [0.2, 0.25) is 0 Å². The number of fused-ring (bicyclic) bond motifs is 1. The summed E-state index contributed by atoms with van der Waals surface area (Å²) >= 11 is 0. The molecular formula is C17H26N4O. The van der Waals surface area contributed by atoms with E-state index in [0.29, 0.717) is 12.5 Å². The fourth-order valence-corrected chi connectivity index (χ4v) is 3.52. The van der Waals surface area contributed by atoms with E-state index in [1.807, 2.05) is 23.7 Å². The SMILES string of the molecule is Cc1cc2ncc(C(C)NCC(O)C3CCCC3)c(C)n2n1. The van der Waals surface area contributed by atoms with Gasteiger partial charge in [0.25, 0.3) is 0 Å². The highest BCUT2D eigenvalue weighted by Crippen LogP contribution is 2.27. The summed E-state index contributed by atoms with van der Waals surface area (Å²) < 4.78 is 1.90. The van der Waals surface area contributed by atoms with Crippen LogP contribution in [-0.2, 0) is 0 Å². The van der Waals surface area contributed by atoms with Gasteiger partial charge in [-0.1, -0.05) is 12.8 Å². The Morgan fingerprint density at radius 2 is 2.09 bits per heavy atom. The van der Waals surface area contributed by atoms with Crippen molar-refractivity contribution in [3.8, 4) is 0 Å². The molecule has 1 saturated carbocycles. The first kappa shape index (κ1) is 15.4. The van der Waals surface area contributed by atoms with Crippen LogP contribution in [0.15, 0.2) is 12.3 Å². The van der Waals surface area contributed by atoms with Crippen LogP contribution in [0.1, 0.15) is 55.6 Å². The maximum Gasteiger partial charge on any atom is 0.155 e. The summed E-state index contributed by atoms with van der Waals surface area (Å²) in [5.41, 5.74) is 4.10. The molecule has 2 N–H and O–H groups in total. The Hall–Kier alpha value is -1.46. The van der Waals surface area contributed by atoms with Gasteiger partial charge in [0.15, 0.2) is 5.65 Å². The molecule has 1 aliphatic rings. The Kier molecular flexibility index (Phi) is 4.45. The largest absolute Gasteiger partial charge is 0.392 e. The Bertz CT molecular complexity index is 645. The molecule has 0 saturated heterocycles. The molecule has 2 heterocycles. The summed E-state index contributed by atoms with van der Waals surface area (Å²) in [5.74, 6) is 0.468. The topological polar surface area (TPSA) is 62.5 Å². The first-order valence-electron chi connectivity index (χ1n) is 8.29. The predicted molar refractivity (Wildman–Crippen MR) is 86.8 cm³/mol. The minimum Gasteiger partial charge on any atom is -0.392 e. The molecule has 1 aliphatic carbocycles. The average Bonchev–Trinajstić information content (AvgIpc) is 3.13. The van der Waals surface area contributed by atoms with E-state index in [1.165, 1.54) is 12.8 Å². The monoisotopic (exact) mass is 302 g/mol. The zero-order valence-electron chi connectivity index (χ0n) is 13.7. The van der Waals surface area contributed by atoms with Crippen molar-refractivity contribution in [2.24, 2.45) is 5.92 Å². The number of nitrogens with one attached hydrogen (secondary N) is 1. The van der Waals surface area contributed by atoms with Crippen LogP contribution in [0.25, 0.3) is 5.65 Å². The van der Waals surface area contributed by atoms with Crippen LogP contribution < -0.4 is 5.32 Å². The van der Waals surface area contributed by atoms with Crippen molar-refractivity contribution in [1.29, 1.82) is 0 Å². The van der Waals surface area contributed by atoms with Gasteiger partial charge in [-0.25, -0.2) is 9.50 Å². The molecule has 120 valence electrons. The van der Waals surface area contributed by atoms with Gasteiger partial charge in [0.2, 0.25) is 0 Å². The Morgan fingerprint density at radius 3 is 2.82 bits per heavy atom. The van der Waals surface area contributed by atoms with Gasteiger partial charge in [-0.05, 0) is 39.5 Å². The lowest BCUT2D eigenvalue weighted by atomic mass is 10.0. The van der Waals surface area contributed by atoms with E-state index in [0.717, 1.165) is 35.4 Å². The zero-order chi connectivity index (χ0) is 15.7. The van der Waals surface area contributed by atoms with Gasteiger partial charge in [0.05, 0.1) is 11.8 Å². The number of hydrogen-bond donors (Lipinski definition) is 2. The lowest BCUT2D eigenvalue weighted by molar-refractivity contribution is 0.106. The molecule has 22 heavy (non-hydrogen) atoms. The fourth-order valence-electron chi connectivity index (χ4n) is 3.52. The Balaban J connectivity index is 1.69. The number of hydrogen-bond acceptors (Lipinski definition) is 4. The van der Waals surface area contributed by atoms with Crippen LogP contribution in [-0.4, -0.2) is 32.4 Å². The highest BCUT2D eigenvalue weighted by Gasteiger charge is 2.23. The van der Waals surface area contributed by atoms with Crippen LogP contribution in [0.5, 0.6) is 0 Å². The Morgan fingerprint density at radius 1 is 1.36 bits per heavy atom. The highest BCUT2D eigenvalue weighted by atomic mass is 16.3. The number of aromatic nitrogens is 3. The number of rotatable bonds is 5. The molecule has 0 aliphatic heterocycles. The van der Waals surface area contributed by atoms with E-state index < -0.39 is 0 Å². The number of aliphatic hydroxyl groups excluding tert-OH is 1. The lowest BCUT2D eigenvalue weighted by Gasteiger charge is -2.22. The number of nitrogens with zero attached hydrogens (tertiary/aromatic N) is 3. The second kappa shape index (κ2) is 6.34. The Labute approximate surface area is 131 Å². The molecule has 0 amide bonds. The summed E-state index contributed by atoms with van der Waals surface area (Å²) in [7, 11) is 0. The van der Waals surface area contributed by atoms with E-state index in [9.17, 15) is 5.11 Å². The van der Waals surface area contributed by atoms with Crippen molar-refractivity contribution in [3.63, 3.8) is 0 Å². The van der Waals surface area contributed by atoms with Crippen molar-refractivity contribution in [1.82, 2.24) is 19.9 Å². The van der Waals surface area contributed by atoms with Crippen molar-refractivity contribution >= 4 is 5.65 Å². The first-order chi connectivity index (χ1) is 10.6. The van der Waals surface area contributed by atoms with E-state index in [1.54, 1.807) is 0 Å².